The Bertz CT molecular complexity index is 1250. The fourth-order valence-corrected chi connectivity index (χ4v) is 4.57. The Kier molecular flexibility index (Phi) is 15.0. The second-order valence-corrected chi connectivity index (χ2v) is 11.8. The molecule has 3 aromatic rings. The summed E-state index contributed by atoms with van der Waals surface area (Å²) >= 11 is 0. The molecule has 0 saturated carbocycles. The summed E-state index contributed by atoms with van der Waals surface area (Å²) in [6, 6.07) is 21.7. The minimum Gasteiger partial charge on any atom is -0.876 e. The zero-order valence-electron chi connectivity index (χ0n) is 27.2. The van der Waals surface area contributed by atoms with Gasteiger partial charge in [0.25, 0.3) is 0 Å². The maximum atomic E-state index is 11.0. The Morgan fingerprint density at radius 2 is 0.810 bits per heavy atom. The summed E-state index contributed by atoms with van der Waals surface area (Å²) in [5.41, 5.74) is 9.89. The molecule has 0 radical (unpaired) electrons. The third-order valence-electron chi connectivity index (χ3n) is 7.12. The molecule has 0 aliphatic carbocycles. The van der Waals surface area contributed by atoms with E-state index in [1.165, 1.54) is 29.2 Å². The van der Waals surface area contributed by atoms with Crippen molar-refractivity contribution >= 4 is 28.6 Å². The molecule has 0 saturated heterocycles. The zero-order valence-corrected chi connectivity index (χ0v) is 28.2. The van der Waals surface area contributed by atoms with Crippen molar-refractivity contribution < 1.29 is 26.7 Å². The molecule has 0 spiro atoms. The molecular formula is C37H48N2NiO2. The van der Waals surface area contributed by atoms with Crippen LogP contribution in [-0.4, -0.2) is 11.4 Å². The predicted molar refractivity (Wildman–Crippen MR) is 174 cm³/mol. The molecule has 228 valence electrons. The van der Waals surface area contributed by atoms with Gasteiger partial charge in [-0.1, -0.05) is 129 Å². The molecule has 0 bridgehead atoms. The summed E-state index contributed by atoms with van der Waals surface area (Å²) in [6.45, 7) is 23.4. The number of rotatable bonds is 8. The Morgan fingerprint density at radius 3 is 1.07 bits per heavy atom. The van der Waals surface area contributed by atoms with Crippen molar-refractivity contribution in [3.63, 3.8) is 0 Å². The molecule has 4 nitrogen and oxygen atoms in total. The summed E-state index contributed by atoms with van der Waals surface area (Å²) in [6.07, 6.45) is 0. The van der Waals surface area contributed by atoms with Crippen molar-refractivity contribution in [2.24, 2.45) is 9.98 Å². The van der Waals surface area contributed by atoms with E-state index < -0.39 is 11.5 Å². The fourth-order valence-electron chi connectivity index (χ4n) is 4.57. The van der Waals surface area contributed by atoms with Gasteiger partial charge in [0.15, 0.2) is 0 Å². The van der Waals surface area contributed by atoms with Crippen molar-refractivity contribution in [2.45, 2.75) is 99.8 Å². The first-order valence-electron chi connectivity index (χ1n) is 14.7. The molecule has 0 heterocycles. The molecule has 0 aliphatic heterocycles. The van der Waals surface area contributed by atoms with Crippen molar-refractivity contribution in [3.05, 3.63) is 100 Å². The molecular weight excluding hydrogens is 563 g/mol. The van der Waals surface area contributed by atoms with E-state index in [1.54, 1.807) is 30.3 Å². The molecule has 0 N–H and O–H groups in total. The van der Waals surface area contributed by atoms with Gasteiger partial charge in [0.05, 0.1) is 22.8 Å². The number of nitrogens with zero attached hydrogens (tertiary/aromatic N) is 2. The number of hydrogen-bond acceptors (Lipinski definition) is 4. The molecule has 42 heavy (non-hydrogen) atoms. The average Bonchev–Trinajstić information content (AvgIpc) is 2.92. The Morgan fingerprint density at radius 1 is 0.500 bits per heavy atom. The van der Waals surface area contributed by atoms with Crippen LogP contribution in [0, 0.1) is 0 Å². The molecule has 0 aromatic heterocycles. The minimum absolute atomic E-state index is 0. The number of allylic oxidation sites excluding steroid dienone is 1. The van der Waals surface area contributed by atoms with Crippen LogP contribution in [0.1, 0.15) is 128 Å². The number of benzene rings is 3. The third-order valence-corrected chi connectivity index (χ3v) is 7.12. The number of para-hydroxylation sites is 2. The molecule has 0 amide bonds. The third kappa shape index (κ3) is 9.98. The first-order chi connectivity index (χ1) is 19.3. The predicted octanol–water partition coefficient (Wildman–Crippen LogP) is 9.16. The molecule has 0 aliphatic rings. The topological polar surface area (TPSA) is 70.8 Å². The van der Waals surface area contributed by atoms with E-state index >= 15 is 0 Å². The van der Waals surface area contributed by atoms with Crippen LogP contribution in [0.15, 0.2) is 82.5 Å². The largest absolute Gasteiger partial charge is 2.00 e. The number of hydrogen-bond donors (Lipinski definition) is 0. The standard InChI is InChI=1S/C28H40N2.C9H10O2.Ni/c1-17(2)23-13-11-14-24(18(3)4)27(23)29-21(9)22(10)30-28-25(19(5)6)15-12-16-26(28)20(7)8;1-7(10)9(11)8-5-3-2-4-6-8;/h11-20H,1-10H3;2-6,10-11H,1H3;/q;;+2/p-2/b;9-7-;. The SMILES string of the molecule is C/C([O-])=C(/[O-])c1ccccc1.CC(=Nc1c(C(C)C)cccc1C(C)C)C(C)=Nc1c(C(C)C)cccc1C(C)C.[Ni+2]. The van der Waals surface area contributed by atoms with Gasteiger partial charge in [0, 0.05) is 0 Å². The quantitative estimate of drug-likeness (QED) is 0.145. The summed E-state index contributed by atoms with van der Waals surface area (Å²) in [5.74, 6) is 0.883. The summed E-state index contributed by atoms with van der Waals surface area (Å²) in [7, 11) is 0. The van der Waals surface area contributed by atoms with Gasteiger partial charge < -0.3 is 10.2 Å². The summed E-state index contributed by atoms with van der Waals surface area (Å²) in [4.78, 5) is 10.3. The van der Waals surface area contributed by atoms with Crippen LogP contribution < -0.4 is 10.2 Å². The van der Waals surface area contributed by atoms with Crippen LogP contribution in [0.4, 0.5) is 11.4 Å². The van der Waals surface area contributed by atoms with Crippen LogP contribution in [0.3, 0.4) is 0 Å². The maximum Gasteiger partial charge on any atom is 2.00 e. The Labute approximate surface area is 264 Å². The monoisotopic (exact) mass is 610 g/mol. The van der Waals surface area contributed by atoms with E-state index in [9.17, 15) is 10.2 Å². The summed E-state index contributed by atoms with van der Waals surface area (Å²) < 4.78 is 0. The van der Waals surface area contributed by atoms with Crippen molar-refractivity contribution in [1.29, 1.82) is 0 Å². The average molecular weight is 611 g/mol. The fraction of sp³-hybridized carbons (Fsp3) is 0.405. The Hall–Kier alpha value is -3.17. The molecule has 0 fully saturated rings. The molecule has 0 unspecified atom stereocenters. The van der Waals surface area contributed by atoms with Gasteiger partial charge >= 0.3 is 16.5 Å². The van der Waals surface area contributed by atoms with Gasteiger partial charge in [-0.05, 0) is 65.3 Å². The van der Waals surface area contributed by atoms with Gasteiger partial charge in [-0.3, -0.25) is 9.98 Å². The van der Waals surface area contributed by atoms with E-state index in [1.807, 2.05) is 0 Å². The molecule has 0 atom stereocenters. The zero-order chi connectivity index (χ0) is 30.9. The summed E-state index contributed by atoms with van der Waals surface area (Å²) in [5, 5.41) is 21.6. The van der Waals surface area contributed by atoms with E-state index in [4.69, 9.17) is 9.98 Å². The second kappa shape index (κ2) is 17.1. The van der Waals surface area contributed by atoms with Gasteiger partial charge in [0.2, 0.25) is 0 Å². The van der Waals surface area contributed by atoms with Gasteiger partial charge in [0.1, 0.15) is 0 Å². The van der Waals surface area contributed by atoms with Gasteiger partial charge in [-0.15, -0.1) is 11.5 Å². The van der Waals surface area contributed by atoms with Crippen LogP contribution >= 0.6 is 0 Å². The molecule has 3 aromatic carbocycles. The smallest absolute Gasteiger partial charge is 0.876 e. The normalized spacial score (nSPS) is 12.7. The van der Waals surface area contributed by atoms with Crippen molar-refractivity contribution in [3.8, 4) is 0 Å². The van der Waals surface area contributed by atoms with Crippen molar-refractivity contribution in [1.82, 2.24) is 0 Å². The van der Waals surface area contributed by atoms with Crippen LogP contribution in [-0.2, 0) is 16.5 Å². The van der Waals surface area contributed by atoms with Gasteiger partial charge in [-0.2, -0.15) is 0 Å². The maximum absolute atomic E-state index is 11.0. The number of aliphatic imine (C=N–C) groups is 2. The van der Waals surface area contributed by atoms with Crippen LogP contribution in [0.2, 0.25) is 0 Å². The first-order valence-corrected chi connectivity index (χ1v) is 14.7. The second-order valence-electron chi connectivity index (χ2n) is 11.8. The Balaban J connectivity index is 0.000000617. The van der Waals surface area contributed by atoms with Crippen LogP contribution in [0.25, 0.3) is 5.76 Å². The van der Waals surface area contributed by atoms with Gasteiger partial charge in [-0.25, -0.2) is 0 Å². The molecule has 5 heteroatoms. The van der Waals surface area contributed by atoms with E-state index in [0.717, 1.165) is 22.8 Å². The minimum atomic E-state index is -0.425. The van der Waals surface area contributed by atoms with Crippen molar-refractivity contribution in [2.75, 3.05) is 0 Å². The first kappa shape index (κ1) is 36.9. The van der Waals surface area contributed by atoms with E-state index in [-0.39, 0.29) is 16.5 Å². The molecule has 3 rings (SSSR count). The van der Waals surface area contributed by atoms with Crippen LogP contribution in [0.5, 0.6) is 0 Å². The van der Waals surface area contributed by atoms with E-state index in [2.05, 4.69) is 106 Å². The van der Waals surface area contributed by atoms with E-state index in [0.29, 0.717) is 29.2 Å².